The first-order valence-electron chi connectivity index (χ1n) is 12.4. The van der Waals surface area contributed by atoms with Crippen LogP contribution in [0.5, 0.6) is 0 Å². The molecule has 1 amide bonds. The molecule has 1 aliphatic carbocycles. The van der Waals surface area contributed by atoms with Crippen LogP contribution in [0.1, 0.15) is 90.2 Å². The summed E-state index contributed by atoms with van der Waals surface area (Å²) in [4.78, 5) is 20.0. The standard InChI is InChI=1S/C25H35F5N4O2S/c1-14(25(28,29)30)12-20(35)31-15(2)17-6-7-18-19(13-17)33-22(32-18)21(34-37(36)23(3,4)5)16-8-10-24(26,27)11-9-16/h6-7,13-16,21,34H,8-12H2,1-5H3,(H,31,35)(H,32,33)/t14-,15-,21+,37-/m1/s1. The Hall–Kier alpha value is -2.08. The summed E-state index contributed by atoms with van der Waals surface area (Å²) in [7, 11) is -1.47. The zero-order valence-electron chi connectivity index (χ0n) is 21.6. The average Bonchev–Trinajstić information content (AvgIpc) is 3.19. The Labute approximate surface area is 216 Å². The lowest BCUT2D eigenvalue weighted by atomic mass is 9.82. The zero-order valence-corrected chi connectivity index (χ0v) is 22.5. The first-order valence-corrected chi connectivity index (χ1v) is 13.5. The van der Waals surface area contributed by atoms with Crippen LogP contribution in [0.3, 0.4) is 0 Å². The van der Waals surface area contributed by atoms with Crippen LogP contribution in [0, 0.1) is 11.8 Å². The van der Waals surface area contributed by atoms with Crippen molar-refractivity contribution >= 4 is 27.9 Å². The van der Waals surface area contributed by atoms with E-state index in [0.29, 0.717) is 22.4 Å². The molecule has 3 rings (SSSR count). The van der Waals surface area contributed by atoms with Crippen LogP contribution in [0.25, 0.3) is 11.0 Å². The lowest BCUT2D eigenvalue weighted by Crippen LogP contribution is -2.40. The monoisotopic (exact) mass is 550 g/mol. The van der Waals surface area contributed by atoms with Crippen molar-refractivity contribution in [3.8, 4) is 0 Å². The Balaban J connectivity index is 1.82. The minimum atomic E-state index is -4.44. The first kappa shape index (κ1) is 29.5. The molecule has 1 aromatic heterocycles. The van der Waals surface area contributed by atoms with E-state index in [1.807, 2.05) is 20.8 Å². The fourth-order valence-corrected chi connectivity index (χ4v) is 5.19. The van der Waals surface area contributed by atoms with Crippen molar-refractivity contribution in [2.24, 2.45) is 11.8 Å². The molecule has 12 heteroatoms. The number of amides is 1. The van der Waals surface area contributed by atoms with Gasteiger partial charge in [-0.1, -0.05) is 13.0 Å². The molecule has 37 heavy (non-hydrogen) atoms. The number of carbonyl (C=O) groups excluding carboxylic acids is 1. The highest BCUT2D eigenvalue weighted by molar-refractivity contribution is 7.84. The number of imidazole rings is 1. The molecule has 1 fully saturated rings. The summed E-state index contributed by atoms with van der Waals surface area (Å²) in [6.45, 7) is 8.09. The highest BCUT2D eigenvalue weighted by Gasteiger charge is 2.40. The number of hydrogen-bond acceptors (Lipinski definition) is 3. The van der Waals surface area contributed by atoms with E-state index in [2.05, 4.69) is 20.0 Å². The second kappa shape index (κ2) is 11.0. The second-order valence-corrected chi connectivity index (χ2v) is 13.0. The Kier molecular flexibility index (Phi) is 8.73. The van der Waals surface area contributed by atoms with Crippen LogP contribution in [0.4, 0.5) is 22.0 Å². The van der Waals surface area contributed by atoms with E-state index in [0.717, 1.165) is 6.92 Å². The van der Waals surface area contributed by atoms with E-state index < -0.39 is 58.2 Å². The number of aromatic nitrogens is 2. The van der Waals surface area contributed by atoms with Crippen molar-refractivity contribution in [1.82, 2.24) is 20.0 Å². The molecule has 0 spiro atoms. The smallest absolute Gasteiger partial charge is 0.350 e. The molecular formula is C25H35F5N4O2S. The topological polar surface area (TPSA) is 86.9 Å². The lowest BCUT2D eigenvalue weighted by Gasteiger charge is -2.34. The number of carbonyl (C=O) groups is 1. The van der Waals surface area contributed by atoms with Gasteiger partial charge in [0.15, 0.2) is 0 Å². The summed E-state index contributed by atoms with van der Waals surface area (Å²) >= 11 is 0. The van der Waals surface area contributed by atoms with Crippen LogP contribution in [-0.2, 0) is 15.8 Å². The third-order valence-electron chi connectivity index (χ3n) is 6.77. The molecule has 208 valence electrons. The number of nitrogens with zero attached hydrogens (tertiary/aromatic N) is 1. The number of alkyl halides is 5. The van der Waals surface area contributed by atoms with Crippen LogP contribution in [0.2, 0.25) is 0 Å². The van der Waals surface area contributed by atoms with E-state index in [9.17, 15) is 31.0 Å². The van der Waals surface area contributed by atoms with Gasteiger partial charge in [0.25, 0.3) is 0 Å². The number of fused-ring (bicyclic) bond motifs is 1. The Morgan fingerprint density at radius 2 is 1.81 bits per heavy atom. The number of halogens is 5. The van der Waals surface area contributed by atoms with Crippen LogP contribution >= 0.6 is 0 Å². The van der Waals surface area contributed by atoms with E-state index in [1.54, 1.807) is 25.1 Å². The van der Waals surface area contributed by atoms with Gasteiger partial charge >= 0.3 is 6.18 Å². The van der Waals surface area contributed by atoms with E-state index in [4.69, 9.17) is 0 Å². The summed E-state index contributed by atoms with van der Waals surface area (Å²) in [5.74, 6) is -4.87. The van der Waals surface area contributed by atoms with E-state index in [1.165, 1.54) is 0 Å². The van der Waals surface area contributed by atoms with Gasteiger partial charge in [0.2, 0.25) is 11.8 Å². The van der Waals surface area contributed by atoms with Crippen molar-refractivity contribution in [3.63, 3.8) is 0 Å². The molecule has 1 aliphatic rings. The minimum Gasteiger partial charge on any atom is -0.350 e. The summed E-state index contributed by atoms with van der Waals surface area (Å²) in [5, 5.41) is 2.60. The molecule has 0 bridgehead atoms. The SMILES string of the molecule is C[C@H](CC(=O)N[C@H](C)c1ccc2nc([C@@H](N[S@](=O)C(C)(C)C)C3CCC(F)(F)CC3)[nH]c2c1)C(F)(F)F. The molecule has 2 aromatic rings. The summed E-state index contributed by atoms with van der Waals surface area (Å²) in [6, 6.07) is 4.11. The fraction of sp³-hybridized carbons (Fsp3) is 0.680. The van der Waals surface area contributed by atoms with Crippen molar-refractivity contribution in [2.75, 3.05) is 0 Å². The van der Waals surface area contributed by atoms with Gasteiger partial charge < -0.3 is 10.3 Å². The van der Waals surface area contributed by atoms with Crippen molar-refractivity contribution < 1.29 is 31.0 Å². The molecule has 0 radical (unpaired) electrons. The maximum atomic E-state index is 13.8. The largest absolute Gasteiger partial charge is 0.392 e. The molecular weight excluding hydrogens is 515 g/mol. The molecule has 6 nitrogen and oxygen atoms in total. The highest BCUT2D eigenvalue weighted by Crippen LogP contribution is 2.41. The zero-order chi connectivity index (χ0) is 27.8. The van der Waals surface area contributed by atoms with Gasteiger partial charge in [-0.3, -0.25) is 4.79 Å². The minimum absolute atomic E-state index is 0.195. The Bertz CT molecular complexity index is 1120. The van der Waals surface area contributed by atoms with Crippen molar-refractivity contribution in [2.45, 2.75) is 95.7 Å². The lowest BCUT2D eigenvalue weighted by molar-refractivity contribution is -0.174. The third kappa shape index (κ3) is 7.72. The summed E-state index contributed by atoms with van der Waals surface area (Å²) in [6.07, 6.45) is -5.08. The molecule has 1 aromatic carbocycles. The van der Waals surface area contributed by atoms with Gasteiger partial charge in [-0.25, -0.2) is 22.7 Å². The van der Waals surface area contributed by atoms with Gasteiger partial charge in [0, 0.05) is 19.3 Å². The first-order chi connectivity index (χ1) is 17.0. The number of benzene rings is 1. The predicted molar refractivity (Wildman–Crippen MR) is 133 cm³/mol. The predicted octanol–water partition coefficient (Wildman–Crippen LogP) is 6.25. The number of aromatic amines is 1. The molecule has 0 unspecified atom stereocenters. The van der Waals surface area contributed by atoms with Gasteiger partial charge in [0.05, 0.1) is 44.8 Å². The van der Waals surface area contributed by atoms with Gasteiger partial charge in [0.1, 0.15) is 5.82 Å². The van der Waals surface area contributed by atoms with Crippen LogP contribution < -0.4 is 10.0 Å². The Morgan fingerprint density at radius 3 is 2.38 bits per heavy atom. The number of rotatable bonds is 8. The van der Waals surface area contributed by atoms with Crippen molar-refractivity contribution in [3.05, 3.63) is 29.6 Å². The van der Waals surface area contributed by atoms with Crippen LogP contribution in [-0.4, -0.2) is 36.9 Å². The molecule has 0 saturated heterocycles. The average molecular weight is 551 g/mol. The molecule has 1 saturated carbocycles. The second-order valence-electron chi connectivity index (χ2n) is 11.0. The quantitative estimate of drug-likeness (QED) is 0.340. The van der Waals surface area contributed by atoms with Crippen LogP contribution in [0.15, 0.2) is 18.2 Å². The summed E-state index contributed by atoms with van der Waals surface area (Å²) in [5.41, 5.74) is 1.87. The molecule has 0 aliphatic heterocycles. The van der Waals surface area contributed by atoms with E-state index >= 15 is 0 Å². The van der Waals surface area contributed by atoms with Crippen molar-refractivity contribution in [1.29, 1.82) is 0 Å². The molecule has 3 N–H and O–H groups in total. The molecule has 4 atom stereocenters. The number of hydrogen-bond donors (Lipinski definition) is 3. The maximum absolute atomic E-state index is 13.8. The highest BCUT2D eigenvalue weighted by atomic mass is 32.2. The number of H-pyrrole nitrogens is 1. The maximum Gasteiger partial charge on any atom is 0.392 e. The molecule has 1 heterocycles. The van der Waals surface area contributed by atoms with Gasteiger partial charge in [-0.15, -0.1) is 0 Å². The van der Waals surface area contributed by atoms with Gasteiger partial charge in [-0.05, 0) is 64.2 Å². The van der Waals surface area contributed by atoms with E-state index in [-0.39, 0.29) is 31.6 Å². The summed E-state index contributed by atoms with van der Waals surface area (Å²) < 4.78 is 81.4. The number of nitrogens with one attached hydrogen (secondary N) is 3. The normalized spacial score (nSPS) is 20.4. The van der Waals surface area contributed by atoms with Gasteiger partial charge in [-0.2, -0.15) is 13.2 Å². The third-order valence-corrected chi connectivity index (χ3v) is 8.35. The fourth-order valence-electron chi connectivity index (χ4n) is 4.30. The Morgan fingerprint density at radius 1 is 1.19 bits per heavy atom.